The molecule has 0 saturated carbocycles. The third-order valence-corrected chi connectivity index (χ3v) is 6.14. The van der Waals surface area contributed by atoms with Crippen LogP contribution >= 0.6 is 0 Å². The lowest BCUT2D eigenvalue weighted by molar-refractivity contribution is -0.909. The number of hydrogen-bond donors (Lipinski definition) is 2. The van der Waals surface area contributed by atoms with Gasteiger partial charge in [0.2, 0.25) is 0 Å². The Bertz CT molecular complexity index is 468. The van der Waals surface area contributed by atoms with Gasteiger partial charge in [-0.1, -0.05) is 103 Å². The van der Waals surface area contributed by atoms with Crippen LogP contribution in [-0.4, -0.2) is 58.8 Å². The van der Waals surface area contributed by atoms with Gasteiger partial charge in [0, 0.05) is 0 Å². The van der Waals surface area contributed by atoms with Crippen LogP contribution in [0, 0.1) is 0 Å². The number of quaternary nitrogens is 1. The van der Waals surface area contributed by atoms with E-state index in [0.717, 1.165) is 19.3 Å². The van der Waals surface area contributed by atoms with Crippen molar-refractivity contribution in [3.05, 3.63) is 0 Å². The van der Waals surface area contributed by atoms with Crippen LogP contribution in [0.3, 0.4) is 0 Å². The van der Waals surface area contributed by atoms with Crippen molar-refractivity contribution in [1.29, 1.82) is 0 Å². The van der Waals surface area contributed by atoms with Gasteiger partial charge in [-0.3, -0.25) is 0 Å². The normalized spacial score (nSPS) is 11.5. The van der Waals surface area contributed by atoms with Gasteiger partial charge >= 0.3 is 11.9 Å². The molecule has 32 heavy (non-hydrogen) atoms. The van der Waals surface area contributed by atoms with Gasteiger partial charge in [-0.25, -0.2) is 9.59 Å². The molecule has 0 aliphatic rings. The van der Waals surface area contributed by atoms with E-state index in [9.17, 15) is 19.5 Å². The van der Waals surface area contributed by atoms with E-state index in [4.69, 9.17) is 10.2 Å². The molecule has 0 aliphatic heterocycles. The molecule has 0 aromatic heterocycles. The SMILES string of the molecule is CCCCCCCCCCCCCCCCCCC[N+](CC(=O)[O-])(CC(=O)O)CC(=O)O. The minimum atomic E-state index is -1.42. The second kappa shape index (κ2) is 20.0. The fraction of sp³-hybridized carbons (Fsp3) is 0.880. The highest BCUT2D eigenvalue weighted by Crippen LogP contribution is 2.15. The Labute approximate surface area is 194 Å². The number of carboxylic acid groups (broad SMARTS) is 3. The minimum absolute atomic E-state index is 0.227. The van der Waals surface area contributed by atoms with Crippen molar-refractivity contribution >= 4 is 17.9 Å². The Balaban J connectivity index is 3.77. The zero-order valence-electron chi connectivity index (χ0n) is 20.3. The van der Waals surface area contributed by atoms with Gasteiger partial charge in [-0.2, -0.15) is 0 Å². The Morgan fingerprint density at radius 2 is 0.875 bits per heavy atom. The molecule has 2 N–H and O–H groups in total. The molecule has 0 saturated heterocycles. The first-order chi connectivity index (χ1) is 15.3. The van der Waals surface area contributed by atoms with Crippen LogP contribution in [0.2, 0.25) is 0 Å². The number of carbonyl (C=O) groups excluding carboxylic acids is 1. The van der Waals surface area contributed by atoms with E-state index in [1.807, 2.05) is 0 Å². The van der Waals surface area contributed by atoms with Gasteiger partial charge in [0.1, 0.15) is 6.54 Å². The molecule has 0 spiro atoms. The van der Waals surface area contributed by atoms with Crippen LogP contribution in [0.25, 0.3) is 0 Å². The number of carbonyl (C=O) groups is 3. The number of unbranched alkanes of at least 4 members (excludes halogenated alkanes) is 16. The van der Waals surface area contributed by atoms with Crippen LogP contribution in [0.1, 0.15) is 116 Å². The first kappa shape index (κ1) is 30.4. The summed E-state index contributed by atoms with van der Waals surface area (Å²) in [4.78, 5) is 33.3. The van der Waals surface area contributed by atoms with Crippen molar-refractivity contribution in [2.45, 2.75) is 116 Å². The first-order valence-corrected chi connectivity index (χ1v) is 12.8. The lowest BCUT2D eigenvalue weighted by Gasteiger charge is -2.36. The molecular formula is C25H47NO6. The van der Waals surface area contributed by atoms with Gasteiger partial charge in [-0.15, -0.1) is 0 Å². The summed E-state index contributed by atoms with van der Waals surface area (Å²) < 4.78 is -0.494. The van der Waals surface area contributed by atoms with Crippen molar-refractivity contribution in [1.82, 2.24) is 0 Å². The zero-order chi connectivity index (χ0) is 24.1. The molecule has 0 aromatic rings. The Morgan fingerprint density at radius 3 is 1.16 bits per heavy atom. The predicted molar refractivity (Wildman–Crippen MR) is 124 cm³/mol. The average Bonchev–Trinajstić information content (AvgIpc) is 2.68. The van der Waals surface area contributed by atoms with Crippen molar-refractivity contribution in [2.24, 2.45) is 0 Å². The molecule has 0 atom stereocenters. The molecule has 0 unspecified atom stereocenters. The van der Waals surface area contributed by atoms with Gasteiger partial charge in [0.25, 0.3) is 0 Å². The molecule has 0 amide bonds. The van der Waals surface area contributed by atoms with E-state index in [0.29, 0.717) is 6.42 Å². The van der Waals surface area contributed by atoms with E-state index in [1.165, 1.54) is 83.5 Å². The molecule has 0 radical (unpaired) electrons. The van der Waals surface area contributed by atoms with Crippen LogP contribution in [-0.2, 0) is 14.4 Å². The molecule has 0 bridgehead atoms. The molecule has 0 aliphatic carbocycles. The highest BCUT2D eigenvalue weighted by atomic mass is 16.4. The Kier molecular flexibility index (Phi) is 19.0. The number of hydrogen-bond acceptors (Lipinski definition) is 4. The molecule has 7 heteroatoms. The molecule has 0 aromatic carbocycles. The van der Waals surface area contributed by atoms with Crippen LogP contribution in [0.15, 0.2) is 0 Å². The lowest BCUT2D eigenvalue weighted by Crippen LogP contribution is -2.59. The average molecular weight is 458 g/mol. The quantitative estimate of drug-likeness (QED) is 0.164. The van der Waals surface area contributed by atoms with Crippen molar-refractivity contribution in [2.75, 3.05) is 26.2 Å². The summed E-state index contributed by atoms with van der Waals surface area (Å²) in [6.07, 6.45) is 20.9. The summed E-state index contributed by atoms with van der Waals surface area (Å²) in [7, 11) is 0. The largest absolute Gasteiger partial charge is 0.544 e. The van der Waals surface area contributed by atoms with Gasteiger partial charge in [0.05, 0.1) is 12.5 Å². The summed E-state index contributed by atoms with van der Waals surface area (Å²) >= 11 is 0. The van der Waals surface area contributed by atoms with Crippen LogP contribution < -0.4 is 5.11 Å². The number of nitrogens with zero attached hydrogens (tertiary/aromatic N) is 1. The topological polar surface area (TPSA) is 115 Å². The third-order valence-electron chi connectivity index (χ3n) is 6.14. The first-order valence-electron chi connectivity index (χ1n) is 12.8. The smallest absolute Gasteiger partial charge is 0.359 e. The Hall–Kier alpha value is -1.63. The van der Waals surface area contributed by atoms with E-state index in [1.54, 1.807) is 0 Å². The lowest BCUT2D eigenvalue weighted by atomic mass is 10.0. The molecule has 0 heterocycles. The van der Waals surface area contributed by atoms with E-state index in [-0.39, 0.29) is 6.54 Å². The number of aliphatic carboxylic acids is 3. The van der Waals surface area contributed by atoms with Crippen LogP contribution in [0.4, 0.5) is 0 Å². The summed E-state index contributed by atoms with van der Waals surface area (Å²) in [5, 5.41) is 29.2. The predicted octanol–water partition coefficient (Wildman–Crippen LogP) is 4.37. The minimum Gasteiger partial charge on any atom is -0.544 e. The van der Waals surface area contributed by atoms with Crippen molar-refractivity contribution in [3.8, 4) is 0 Å². The third kappa shape index (κ3) is 19.1. The van der Waals surface area contributed by atoms with Crippen molar-refractivity contribution in [3.63, 3.8) is 0 Å². The standard InChI is InChI=1S/C25H47NO6/c1-2-3-4-5-6-7-8-9-10-11-12-13-14-15-16-17-18-19-26(20-23(27)28,21-24(29)30)22-25(31)32/h2-22H2,1H3,(H2-,27,28,29,30,31,32). The van der Waals surface area contributed by atoms with E-state index in [2.05, 4.69) is 6.92 Å². The maximum absolute atomic E-state index is 11.1. The molecular weight excluding hydrogens is 410 g/mol. The fourth-order valence-electron chi connectivity index (χ4n) is 4.42. The monoisotopic (exact) mass is 457 g/mol. The van der Waals surface area contributed by atoms with Crippen LogP contribution in [0.5, 0.6) is 0 Å². The van der Waals surface area contributed by atoms with E-state index < -0.39 is 42.0 Å². The van der Waals surface area contributed by atoms with Gasteiger partial charge in [0.15, 0.2) is 13.1 Å². The zero-order valence-corrected chi connectivity index (χ0v) is 20.3. The van der Waals surface area contributed by atoms with E-state index >= 15 is 0 Å². The maximum atomic E-state index is 11.1. The fourth-order valence-corrected chi connectivity index (χ4v) is 4.42. The summed E-state index contributed by atoms with van der Waals surface area (Å²) in [5.74, 6) is -3.81. The second-order valence-corrected chi connectivity index (χ2v) is 9.36. The number of rotatable bonds is 24. The Morgan fingerprint density at radius 1 is 0.562 bits per heavy atom. The van der Waals surface area contributed by atoms with Crippen molar-refractivity contribution < 1.29 is 34.2 Å². The molecule has 188 valence electrons. The molecule has 7 nitrogen and oxygen atoms in total. The van der Waals surface area contributed by atoms with Gasteiger partial charge < -0.3 is 24.6 Å². The molecule has 0 fully saturated rings. The number of carboxylic acids is 3. The summed E-state index contributed by atoms with van der Waals surface area (Å²) in [6, 6.07) is 0. The molecule has 0 rings (SSSR count). The summed E-state index contributed by atoms with van der Waals surface area (Å²) in [5.41, 5.74) is 0. The second-order valence-electron chi connectivity index (χ2n) is 9.36. The van der Waals surface area contributed by atoms with Gasteiger partial charge in [-0.05, 0) is 12.8 Å². The highest BCUT2D eigenvalue weighted by molar-refractivity contribution is 5.72. The highest BCUT2D eigenvalue weighted by Gasteiger charge is 2.33. The summed E-state index contributed by atoms with van der Waals surface area (Å²) in [6.45, 7) is 0.863. The maximum Gasteiger partial charge on any atom is 0.359 e.